The minimum atomic E-state index is -1.22. The molecule has 1 rings (SSSR count). The van der Waals surface area contributed by atoms with Crippen LogP contribution in [-0.4, -0.2) is 214 Å². The Bertz CT molecular complexity index is 874. The quantitative estimate of drug-likeness (QED) is 0.0879. The van der Waals surface area contributed by atoms with Gasteiger partial charge in [-0.25, -0.2) is 0 Å². The predicted molar refractivity (Wildman–Crippen MR) is 144 cm³/mol. The van der Waals surface area contributed by atoms with Crippen LogP contribution in [0.25, 0.3) is 0 Å². The molecule has 6 N–H and O–H groups in total. The van der Waals surface area contributed by atoms with E-state index in [1.807, 2.05) is 4.90 Å². The van der Waals surface area contributed by atoms with E-state index in [0.717, 1.165) is 0 Å². The van der Waals surface area contributed by atoms with Crippen LogP contribution in [0.2, 0.25) is 0 Å². The van der Waals surface area contributed by atoms with Gasteiger partial charge in [-0.2, -0.15) is 0 Å². The first-order valence-corrected chi connectivity index (χ1v) is 13.4. The molecule has 0 aromatic heterocycles. The van der Waals surface area contributed by atoms with Gasteiger partial charge in [-0.3, -0.25) is 58.2 Å². The van der Waals surface area contributed by atoms with Crippen molar-refractivity contribution >= 4 is 35.8 Å². The van der Waals surface area contributed by atoms with E-state index in [9.17, 15) is 49.2 Å². The Hall–Kier alpha value is -3.42. The van der Waals surface area contributed by atoms with Crippen molar-refractivity contribution in [2.75, 3.05) is 118 Å². The number of hydrogen-bond donors (Lipinski definition) is 6. The Labute approximate surface area is 242 Å². The summed E-state index contributed by atoms with van der Waals surface area (Å²) in [6.07, 6.45) is 0. The monoisotopic (exact) mass is 606 g/mol. The molecule has 0 unspecified atom stereocenters. The average molecular weight is 607 g/mol. The van der Waals surface area contributed by atoms with Crippen molar-refractivity contribution in [2.24, 2.45) is 0 Å². The first kappa shape index (κ1) is 36.6. The number of carboxylic acid groups (broad SMARTS) is 6. The highest BCUT2D eigenvalue weighted by Crippen LogP contribution is 2.03. The molecule has 0 aliphatic carbocycles. The lowest BCUT2D eigenvalue weighted by molar-refractivity contribution is -0.143. The lowest BCUT2D eigenvalue weighted by atomic mass is 10.3. The molecule has 42 heavy (non-hydrogen) atoms. The summed E-state index contributed by atoms with van der Waals surface area (Å²) in [6, 6.07) is 0. The van der Waals surface area contributed by atoms with Crippen LogP contribution in [0.4, 0.5) is 0 Å². The molecule has 0 aromatic rings. The summed E-state index contributed by atoms with van der Waals surface area (Å²) in [4.78, 5) is 77.5. The van der Waals surface area contributed by atoms with E-state index in [1.165, 1.54) is 4.90 Å². The second kappa shape index (κ2) is 19.7. The Morgan fingerprint density at radius 1 is 0.405 bits per heavy atom. The second-order valence-corrected chi connectivity index (χ2v) is 10.0. The van der Waals surface area contributed by atoms with Crippen molar-refractivity contribution in [1.82, 2.24) is 29.4 Å². The number of aliphatic carboxylic acids is 6. The molecule has 18 heteroatoms. The fourth-order valence-electron chi connectivity index (χ4n) is 4.47. The Morgan fingerprint density at radius 2 is 0.690 bits per heavy atom. The topological polar surface area (TPSA) is 243 Å². The average Bonchev–Trinajstić information content (AvgIpc) is 2.84. The maximum absolute atomic E-state index is 11.5. The van der Waals surface area contributed by atoms with Gasteiger partial charge in [-0.1, -0.05) is 0 Å². The Kier molecular flexibility index (Phi) is 17.1. The van der Waals surface area contributed by atoms with Crippen LogP contribution >= 0.6 is 0 Å². The molecule has 0 bridgehead atoms. The van der Waals surface area contributed by atoms with Crippen LogP contribution < -0.4 is 0 Å². The molecule has 1 heterocycles. The third-order valence-corrected chi connectivity index (χ3v) is 6.55. The fraction of sp³-hybridized carbons (Fsp3) is 0.750. The summed E-state index contributed by atoms with van der Waals surface area (Å²) in [5, 5.41) is 55.5. The number of rotatable bonds is 18. The minimum absolute atomic E-state index is 0.00248. The second-order valence-electron chi connectivity index (χ2n) is 10.0. The van der Waals surface area contributed by atoms with Crippen molar-refractivity contribution in [3.63, 3.8) is 0 Å². The minimum Gasteiger partial charge on any atom is -0.480 e. The van der Waals surface area contributed by atoms with Crippen molar-refractivity contribution in [3.8, 4) is 0 Å². The maximum atomic E-state index is 11.5. The maximum Gasteiger partial charge on any atom is 0.317 e. The van der Waals surface area contributed by atoms with Crippen molar-refractivity contribution in [2.45, 2.75) is 0 Å². The Balaban J connectivity index is 3.01. The standard InChI is InChI=1S/C24H42N6O12/c31-19(32)13-26-4-1-25(2-5-27(14-20(33)34)8-10-29(9-7-26)16-22(37)38)3-6-28(15-21(35)36)11-12-30(17-23(39)40)18-24(41)42/h1-18H2,(H,31,32)(H,33,34)(H,35,36)(H,37,38)(H,39,40)(H,41,42). The molecular weight excluding hydrogens is 564 g/mol. The summed E-state index contributed by atoms with van der Waals surface area (Å²) >= 11 is 0. The molecule has 0 saturated carbocycles. The van der Waals surface area contributed by atoms with Crippen LogP contribution in [-0.2, 0) is 28.8 Å². The normalized spacial score (nSPS) is 17.0. The van der Waals surface area contributed by atoms with Gasteiger partial charge in [-0.05, 0) is 0 Å². The Morgan fingerprint density at radius 3 is 1.00 bits per heavy atom. The first-order chi connectivity index (χ1) is 19.7. The molecule has 0 spiro atoms. The largest absolute Gasteiger partial charge is 0.480 e. The smallest absolute Gasteiger partial charge is 0.317 e. The highest BCUT2D eigenvalue weighted by atomic mass is 16.4. The van der Waals surface area contributed by atoms with E-state index in [-0.39, 0.29) is 72.0 Å². The molecule has 1 saturated heterocycles. The summed E-state index contributed by atoms with van der Waals surface area (Å²) in [5.74, 6) is -6.72. The zero-order valence-electron chi connectivity index (χ0n) is 23.5. The van der Waals surface area contributed by atoms with Gasteiger partial charge in [0.25, 0.3) is 0 Å². The SMILES string of the molecule is O=C(O)CN1CCN(CCN(CCN(CC(=O)O)CC(=O)O)CC(=O)O)CCN(CC(=O)O)CCN(CC(=O)O)CC1. The van der Waals surface area contributed by atoms with E-state index in [2.05, 4.69) is 0 Å². The van der Waals surface area contributed by atoms with Crippen molar-refractivity contribution < 1.29 is 59.4 Å². The zero-order valence-corrected chi connectivity index (χ0v) is 23.5. The molecular formula is C24H42N6O12. The van der Waals surface area contributed by atoms with Gasteiger partial charge in [-0.15, -0.1) is 0 Å². The van der Waals surface area contributed by atoms with E-state index >= 15 is 0 Å². The van der Waals surface area contributed by atoms with Crippen LogP contribution in [0.15, 0.2) is 0 Å². The van der Waals surface area contributed by atoms with Gasteiger partial charge in [0, 0.05) is 78.5 Å². The van der Waals surface area contributed by atoms with Gasteiger partial charge in [0.1, 0.15) is 0 Å². The third kappa shape index (κ3) is 18.1. The molecule has 1 aliphatic rings. The highest BCUT2D eigenvalue weighted by molar-refractivity contribution is 5.72. The van der Waals surface area contributed by atoms with Gasteiger partial charge in [0.05, 0.1) is 39.3 Å². The number of carboxylic acids is 6. The van der Waals surface area contributed by atoms with Gasteiger partial charge in [0.15, 0.2) is 0 Å². The van der Waals surface area contributed by atoms with Crippen molar-refractivity contribution in [3.05, 3.63) is 0 Å². The molecule has 1 fully saturated rings. The van der Waals surface area contributed by atoms with Gasteiger partial charge in [0.2, 0.25) is 0 Å². The van der Waals surface area contributed by atoms with Crippen LogP contribution in [0.5, 0.6) is 0 Å². The molecule has 0 amide bonds. The summed E-state index contributed by atoms with van der Waals surface area (Å²) in [6.45, 7) is 0.736. The first-order valence-electron chi connectivity index (χ1n) is 13.4. The summed E-state index contributed by atoms with van der Waals surface area (Å²) in [5.41, 5.74) is 0. The van der Waals surface area contributed by atoms with Crippen molar-refractivity contribution in [1.29, 1.82) is 0 Å². The predicted octanol–water partition coefficient (Wildman–Crippen LogP) is -3.68. The lowest BCUT2D eigenvalue weighted by Crippen LogP contribution is -2.49. The summed E-state index contributed by atoms with van der Waals surface area (Å²) < 4.78 is 0. The zero-order chi connectivity index (χ0) is 31.7. The van der Waals surface area contributed by atoms with Crippen LogP contribution in [0, 0.1) is 0 Å². The summed E-state index contributed by atoms with van der Waals surface area (Å²) in [7, 11) is 0. The van der Waals surface area contributed by atoms with E-state index in [0.29, 0.717) is 32.7 Å². The van der Waals surface area contributed by atoms with E-state index in [4.69, 9.17) is 10.2 Å². The molecule has 0 atom stereocenters. The van der Waals surface area contributed by atoms with Gasteiger partial charge < -0.3 is 30.6 Å². The molecule has 18 nitrogen and oxygen atoms in total. The molecule has 0 aromatic carbocycles. The van der Waals surface area contributed by atoms with E-state index in [1.54, 1.807) is 19.6 Å². The van der Waals surface area contributed by atoms with Crippen LogP contribution in [0.3, 0.4) is 0 Å². The third-order valence-electron chi connectivity index (χ3n) is 6.55. The fourth-order valence-corrected chi connectivity index (χ4v) is 4.47. The van der Waals surface area contributed by atoms with E-state index < -0.39 is 48.9 Å². The number of carbonyl (C=O) groups is 6. The molecule has 1 aliphatic heterocycles. The van der Waals surface area contributed by atoms with Crippen LogP contribution in [0.1, 0.15) is 0 Å². The number of nitrogens with zero attached hydrogens (tertiary/aromatic N) is 6. The lowest BCUT2D eigenvalue weighted by Gasteiger charge is -2.34. The highest BCUT2D eigenvalue weighted by Gasteiger charge is 2.21. The molecule has 0 radical (unpaired) electrons. The molecule has 240 valence electrons. The number of hydrogen-bond acceptors (Lipinski definition) is 12. The van der Waals surface area contributed by atoms with Gasteiger partial charge >= 0.3 is 35.8 Å².